The molecule has 7 nitrogen and oxygen atoms in total. The van der Waals surface area contributed by atoms with Crippen molar-refractivity contribution in [2.45, 2.75) is 12.5 Å². The fourth-order valence-corrected chi connectivity index (χ4v) is 1.52. The number of carboxylic acid groups (broad SMARTS) is 1. The van der Waals surface area contributed by atoms with Gasteiger partial charge in [-0.25, -0.2) is 4.79 Å². The summed E-state index contributed by atoms with van der Waals surface area (Å²) in [6, 6.07) is 5.73. The van der Waals surface area contributed by atoms with Gasteiger partial charge < -0.3 is 26.0 Å². The summed E-state index contributed by atoms with van der Waals surface area (Å²) in [5, 5.41) is 20.0. The largest absolute Gasteiger partial charge is 0.508 e. The van der Waals surface area contributed by atoms with Gasteiger partial charge in [0.15, 0.2) is 0 Å². The first kappa shape index (κ1) is 15.9. The maximum absolute atomic E-state index is 11.7. The predicted molar refractivity (Wildman–Crippen MR) is 71.3 cm³/mol. The summed E-state index contributed by atoms with van der Waals surface area (Å²) in [4.78, 5) is 21.8. The zero-order valence-electron chi connectivity index (χ0n) is 10.9. The van der Waals surface area contributed by atoms with Crippen molar-refractivity contribution in [2.24, 2.45) is 5.73 Å². The average Bonchev–Trinajstić information content (AvgIpc) is 2.40. The van der Waals surface area contributed by atoms with Gasteiger partial charge in [-0.2, -0.15) is 0 Å². The minimum Gasteiger partial charge on any atom is -0.508 e. The van der Waals surface area contributed by atoms with Crippen molar-refractivity contribution in [3.8, 4) is 5.75 Å². The Bertz CT molecular complexity index is 447. The van der Waals surface area contributed by atoms with Crippen LogP contribution in [0.1, 0.15) is 5.56 Å². The molecule has 0 saturated heterocycles. The number of nitrogens with two attached hydrogens (primary N) is 1. The molecule has 20 heavy (non-hydrogen) atoms. The highest BCUT2D eigenvalue weighted by Gasteiger charge is 2.13. The van der Waals surface area contributed by atoms with Crippen LogP contribution in [0.3, 0.4) is 0 Å². The molecular formula is C13H18N2O5. The first-order valence-corrected chi connectivity index (χ1v) is 6.10. The lowest BCUT2D eigenvalue weighted by Crippen LogP contribution is -2.43. The van der Waals surface area contributed by atoms with E-state index < -0.39 is 18.6 Å². The van der Waals surface area contributed by atoms with Crippen molar-refractivity contribution in [1.82, 2.24) is 5.32 Å². The molecule has 0 radical (unpaired) electrons. The molecule has 0 bridgehead atoms. The smallest absolute Gasteiger partial charge is 0.329 e. The third kappa shape index (κ3) is 6.17. The second-order valence-corrected chi connectivity index (χ2v) is 4.21. The molecule has 1 amide bonds. The van der Waals surface area contributed by atoms with Crippen LogP contribution < -0.4 is 11.1 Å². The third-order valence-corrected chi connectivity index (χ3v) is 2.50. The first-order chi connectivity index (χ1) is 9.49. The molecular weight excluding hydrogens is 264 g/mol. The third-order valence-electron chi connectivity index (χ3n) is 2.50. The van der Waals surface area contributed by atoms with Crippen LogP contribution in [0.4, 0.5) is 0 Å². The quantitative estimate of drug-likeness (QED) is 0.476. The zero-order chi connectivity index (χ0) is 15.0. The van der Waals surface area contributed by atoms with Crippen LogP contribution in [-0.2, 0) is 20.7 Å². The normalized spacial score (nSPS) is 11.8. The minimum atomic E-state index is -1.06. The lowest BCUT2D eigenvalue weighted by atomic mass is 10.1. The number of amides is 1. The zero-order valence-corrected chi connectivity index (χ0v) is 10.9. The Morgan fingerprint density at radius 3 is 2.55 bits per heavy atom. The Morgan fingerprint density at radius 1 is 1.30 bits per heavy atom. The van der Waals surface area contributed by atoms with Crippen LogP contribution >= 0.6 is 0 Å². The lowest BCUT2D eigenvalue weighted by Gasteiger charge is -2.12. The lowest BCUT2D eigenvalue weighted by molar-refractivity contribution is -0.142. The highest BCUT2D eigenvalue weighted by Crippen LogP contribution is 2.10. The molecule has 5 N–H and O–H groups in total. The Morgan fingerprint density at radius 2 is 1.95 bits per heavy atom. The van der Waals surface area contributed by atoms with Gasteiger partial charge in [0.2, 0.25) is 5.91 Å². The fourth-order valence-electron chi connectivity index (χ4n) is 1.52. The molecule has 1 aromatic carbocycles. The number of aliphatic carboxylic acids is 1. The molecule has 0 unspecified atom stereocenters. The predicted octanol–water partition coefficient (Wildman–Crippen LogP) is -0.521. The van der Waals surface area contributed by atoms with Crippen molar-refractivity contribution in [1.29, 1.82) is 0 Å². The number of hydrogen-bond acceptors (Lipinski definition) is 5. The van der Waals surface area contributed by atoms with Crippen molar-refractivity contribution in [3.63, 3.8) is 0 Å². The summed E-state index contributed by atoms with van der Waals surface area (Å²) in [7, 11) is 0. The summed E-state index contributed by atoms with van der Waals surface area (Å²) in [6.07, 6.45) is 0.349. The van der Waals surface area contributed by atoms with Gasteiger partial charge in [0.25, 0.3) is 0 Å². The van der Waals surface area contributed by atoms with Crippen molar-refractivity contribution >= 4 is 11.9 Å². The Balaban J connectivity index is 2.25. The van der Waals surface area contributed by atoms with Crippen LogP contribution in [0.25, 0.3) is 0 Å². The van der Waals surface area contributed by atoms with Crippen molar-refractivity contribution in [3.05, 3.63) is 29.8 Å². The van der Waals surface area contributed by atoms with Gasteiger partial charge in [-0.15, -0.1) is 0 Å². The molecule has 0 aliphatic rings. The maximum Gasteiger partial charge on any atom is 0.329 e. The molecule has 0 aliphatic heterocycles. The van der Waals surface area contributed by atoms with E-state index in [0.717, 1.165) is 5.56 Å². The van der Waals surface area contributed by atoms with Crippen LogP contribution in [0, 0.1) is 0 Å². The van der Waals surface area contributed by atoms with Crippen molar-refractivity contribution < 1.29 is 24.5 Å². The number of carbonyl (C=O) groups excluding carboxylic acids is 1. The maximum atomic E-state index is 11.7. The van der Waals surface area contributed by atoms with E-state index in [9.17, 15) is 9.59 Å². The number of phenolic OH excluding ortho intramolecular Hbond substituents is 1. The molecule has 0 heterocycles. The van der Waals surface area contributed by atoms with Gasteiger partial charge in [-0.1, -0.05) is 12.1 Å². The molecule has 7 heteroatoms. The van der Waals surface area contributed by atoms with Gasteiger partial charge in [-0.05, 0) is 24.1 Å². The van der Waals surface area contributed by atoms with E-state index in [4.69, 9.17) is 20.7 Å². The van der Waals surface area contributed by atoms with E-state index in [2.05, 4.69) is 5.32 Å². The van der Waals surface area contributed by atoms with E-state index in [1.807, 2.05) is 0 Å². The number of phenols is 1. The van der Waals surface area contributed by atoms with Gasteiger partial charge in [-0.3, -0.25) is 4.79 Å². The number of benzene rings is 1. The minimum absolute atomic E-state index is 0.115. The second kappa shape index (κ2) is 8.13. The summed E-state index contributed by atoms with van der Waals surface area (Å²) < 4.78 is 4.77. The Hall–Kier alpha value is -2.12. The van der Waals surface area contributed by atoms with E-state index in [0.29, 0.717) is 6.42 Å². The number of carbonyl (C=O) groups is 2. The molecule has 0 fully saturated rings. The molecule has 1 aromatic rings. The van der Waals surface area contributed by atoms with E-state index in [-0.39, 0.29) is 24.8 Å². The van der Waals surface area contributed by atoms with Crippen molar-refractivity contribution in [2.75, 3.05) is 19.8 Å². The Kier molecular flexibility index (Phi) is 6.48. The molecule has 110 valence electrons. The van der Waals surface area contributed by atoms with E-state index >= 15 is 0 Å². The molecule has 0 spiro atoms. The van der Waals surface area contributed by atoms with Gasteiger partial charge in [0.05, 0.1) is 12.6 Å². The van der Waals surface area contributed by atoms with Crippen LogP contribution in [0.2, 0.25) is 0 Å². The standard InChI is InChI=1S/C13H18N2O5/c14-11(7-9-1-3-10(16)4-2-9)13(19)15-5-6-20-8-12(17)18/h1-4,11,16H,5-8,14H2,(H,15,19)(H,17,18)/t11-/m0/s1. The van der Waals surface area contributed by atoms with Gasteiger partial charge >= 0.3 is 5.97 Å². The second-order valence-electron chi connectivity index (χ2n) is 4.21. The van der Waals surface area contributed by atoms with Crippen LogP contribution in [0.15, 0.2) is 24.3 Å². The number of hydrogen-bond donors (Lipinski definition) is 4. The van der Waals surface area contributed by atoms with Crippen LogP contribution in [0.5, 0.6) is 5.75 Å². The SMILES string of the molecule is N[C@@H](Cc1ccc(O)cc1)C(=O)NCCOCC(=O)O. The fraction of sp³-hybridized carbons (Fsp3) is 0.385. The van der Waals surface area contributed by atoms with Gasteiger partial charge in [0, 0.05) is 6.54 Å². The highest BCUT2D eigenvalue weighted by molar-refractivity contribution is 5.81. The number of carboxylic acids is 1. The average molecular weight is 282 g/mol. The summed E-state index contributed by atoms with van der Waals surface area (Å²) in [5.41, 5.74) is 6.58. The van der Waals surface area contributed by atoms with Gasteiger partial charge in [0.1, 0.15) is 12.4 Å². The summed E-state index contributed by atoms with van der Waals surface area (Å²) in [6.45, 7) is -0.0746. The monoisotopic (exact) mass is 282 g/mol. The van der Waals surface area contributed by atoms with Crippen LogP contribution in [-0.4, -0.2) is 47.9 Å². The number of rotatable bonds is 8. The molecule has 0 saturated carbocycles. The number of nitrogens with one attached hydrogen (secondary N) is 1. The molecule has 0 aromatic heterocycles. The summed E-state index contributed by atoms with van der Waals surface area (Å²) >= 11 is 0. The molecule has 1 atom stereocenters. The molecule has 0 aliphatic carbocycles. The molecule has 1 rings (SSSR count). The summed E-state index contributed by atoms with van der Waals surface area (Å²) in [5.74, 6) is -1.24. The topological polar surface area (TPSA) is 122 Å². The first-order valence-electron chi connectivity index (χ1n) is 6.10. The van der Waals surface area contributed by atoms with E-state index in [1.54, 1.807) is 12.1 Å². The number of ether oxygens (including phenoxy) is 1. The number of aromatic hydroxyl groups is 1. The Labute approximate surface area is 116 Å². The highest BCUT2D eigenvalue weighted by atomic mass is 16.5. The van der Waals surface area contributed by atoms with E-state index in [1.165, 1.54) is 12.1 Å².